The fourth-order valence-corrected chi connectivity index (χ4v) is 9.97. The molecule has 1 atom stereocenters. The van der Waals surface area contributed by atoms with E-state index in [1.54, 1.807) is 36.5 Å². The van der Waals surface area contributed by atoms with Gasteiger partial charge >= 0.3 is 6.18 Å². The second-order valence-electron chi connectivity index (χ2n) is 13.9. The molecule has 1 aliphatic heterocycles. The molecule has 1 aliphatic carbocycles. The van der Waals surface area contributed by atoms with E-state index in [1.807, 2.05) is 38.4 Å². The van der Waals surface area contributed by atoms with Crippen molar-refractivity contribution in [3.63, 3.8) is 0 Å². The van der Waals surface area contributed by atoms with Crippen LogP contribution in [0.15, 0.2) is 53.6 Å². The van der Waals surface area contributed by atoms with Gasteiger partial charge in [0.05, 0.1) is 30.6 Å². The number of carbonyl (C=O) groups is 1. The van der Waals surface area contributed by atoms with Crippen LogP contribution in [0.4, 0.5) is 19.0 Å². The summed E-state index contributed by atoms with van der Waals surface area (Å²) < 4.78 is 76.2. The number of pyridine rings is 1. The van der Waals surface area contributed by atoms with Crippen molar-refractivity contribution in [3.05, 3.63) is 54.2 Å². The lowest BCUT2D eigenvalue weighted by Gasteiger charge is -2.34. The highest BCUT2D eigenvalue weighted by Crippen LogP contribution is 2.59. The van der Waals surface area contributed by atoms with Crippen LogP contribution >= 0.6 is 0 Å². The van der Waals surface area contributed by atoms with Crippen molar-refractivity contribution in [2.45, 2.75) is 82.7 Å². The van der Waals surface area contributed by atoms with Gasteiger partial charge in [-0.3, -0.25) is 4.79 Å². The molecule has 1 amide bonds. The number of ether oxygens (including phenoxy) is 1. The van der Waals surface area contributed by atoms with E-state index in [-0.39, 0.29) is 47.7 Å². The molecule has 5 rings (SSSR count). The molecule has 244 valence electrons. The lowest BCUT2D eigenvalue weighted by molar-refractivity contribution is -0.190. The molecule has 0 bridgehead atoms. The van der Waals surface area contributed by atoms with Crippen LogP contribution in [0.5, 0.6) is 5.88 Å². The molecular formula is C31H40F3N5O4SSi. The fraction of sp³-hybridized carbons (Fsp3) is 0.516. The number of rotatable bonds is 10. The van der Waals surface area contributed by atoms with Gasteiger partial charge in [0.1, 0.15) is 5.82 Å². The maximum atomic E-state index is 13.7. The standard InChI is InChI=1S/C31H40F3N5O4SSi/c1-21-19-29(2,3)38(20-21)27-22(28(40)37-44(41,42)23-9-7-8-10-24(23)45(4,5)6)11-12-25(35-27)39-17-13-26(36-39)43-18-16-30(14-15-30)31(32,33)34/h7-13,17,21H,14-16,18-20H2,1-6H3,(H,37,40)/t21-/m0/s1. The van der Waals surface area contributed by atoms with E-state index in [2.05, 4.69) is 16.7 Å². The number of hydrogen-bond donors (Lipinski definition) is 1. The van der Waals surface area contributed by atoms with E-state index in [0.29, 0.717) is 24.1 Å². The number of nitrogens with one attached hydrogen (secondary N) is 1. The van der Waals surface area contributed by atoms with Gasteiger partial charge in [-0.15, -0.1) is 5.10 Å². The highest BCUT2D eigenvalue weighted by molar-refractivity contribution is 7.90. The highest BCUT2D eigenvalue weighted by Gasteiger charge is 2.62. The van der Waals surface area contributed by atoms with Crippen molar-refractivity contribution in [2.75, 3.05) is 18.1 Å². The third-order valence-corrected chi connectivity index (χ3v) is 12.4. The maximum absolute atomic E-state index is 13.7. The smallest absolute Gasteiger partial charge is 0.394 e. The minimum atomic E-state index is -4.25. The second kappa shape index (κ2) is 11.4. The van der Waals surface area contributed by atoms with E-state index in [1.165, 1.54) is 16.8 Å². The summed E-state index contributed by atoms with van der Waals surface area (Å²) in [6.45, 7) is 12.8. The summed E-state index contributed by atoms with van der Waals surface area (Å²) in [4.78, 5) is 20.6. The number of aromatic nitrogens is 3. The number of anilines is 1. The monoisotopic (exact) mass is 663 g/mol. The first-order valence-corrected chi connectivity index (χ1v) is 20.0. The summed E-state index contributed by atoms with van der Waals surface area (Å²) in [6, 6.07) is 11.4. The molecule has 1 aromatic carbocycles. The SMILES string of the molecule is C[C@@H]1CN(c2nc(-n3ccc(OCCC4(C(F)(F)F)CC4)n3)ccc2C(=O)NS(=O)(=O)c2ccccc2[Si](C)(C)C)C(C)(C)C1. The average Bonchev–Trinajstić information content (AvgIpc) is 3.50. The van der Waals surface area contributed by atoms with E-state index >= 15 is 0 Å². The van der Waals surface area contributed by atoms with E-state index < -0.39 is 35.6 Å². The molecule has 0 spiro atoms. The zero-order valence-electron chi connectivity index (χ0n) is 26.4. The molecule has 45 heavy (non-hydrogen) atoms. The van der Waals surface area contributed by atoms with Gasteiger partial charge in [0.15, 0.2) is 5.82 Å². The molecule has 2 aromatic heterocycles. The van der Waals surface area contributed by atoms with Gasteiger partial charge < -0.3 is 9.64 Å². The number of carbonyl (C=O) groups excluding carboxylic acids is 1. The normalized spacial score (nSPS) is 19.4. The maximum Gasteiger partial charge on any atom is 0.394 e. The molecule has 1 saturated carbocycles. The van der Waals surface area contributed by atoms with Gasteiger partial charge in [-0.25, -0.2) is 22.8 Å². The lowest BCUT2D eigenvalue weighted by atomic mass is 9.97. The molecule has 2 fully saturated rings. The van der Waals surface area contributed by atoms with Crippen molar-refractivity contribution in [1.82, 2.24) is 19.5 Å². The topological polar surface area (TPSA) is 106 Å². The Bertz CT molecular complexity index is 1700. The highest BCUT2D eigenvalue weighted by atomic mass is 32.2. The van der Waals surface area contributed by atoms with Crippen LogP contribution < -0.4 is 19.5 Å². The molecule has 0 unspecified atom stereocenters. The van der Waals surface area contributed by atoms with Crippen molar-refractivity contribution < 1.29 is 31.1 Å². The molecule has 14 heteroatoms. The van der Waals surface area contributed by atoms with Crippen LogP contribution in [0.2, 0.25) is 19.6 Å². The number of halogens is 3. The van der Waals surface area contributed by atoms with Crippen LogP contribution in [0.1, 0.15) is 56.8 Å². The largest absolute Gasteiger partial charge is 0.477 e. The lowest BCUT2D eigenvalue weighted by Crippen LogP contribution is -2.44. The van der Waals surface area contributed by atoms with Crippen molar-refractivity contribution in [2.24, 2.45) is 11.3 Å². The van der Waals surface area contributed by atoms with Gasteiger partial charge in [-0.1, -0.05) is 44.8 Å². The average molecular weight is 664 g/mol. The Kier molecular flexibility index (Phi) is 8.39. The third-order valence-electron chi connectivity index (χ3n) is 8.73. The zero-order chi connectivity index (χ0) is 33.0. The number of benzene rings is 1. The number of hydrogen-bond acceptors (Lipinski definition) is 7. The first kappa shape index (κ1) is 33.0. The second-order valence-corrected chi connectivity index (χ2v) is 20.6. The molecular weight excluding hydrogens is 624 g/mol. The molecule has 0 radical (unpaired) electrons. The summed E-state index contributed by atoms with van der Waals surface area (Å²) in [5, 5.41) is 5.07. The van der Waals surface area contributed by atoms with E-state index in [0.717, 1.165) is 11.6 Å². The first-order valence-electron chi connectivity index (χ1n) is 15.0. The molecule has 1 N–H and O–H groups in total. The Morgan fingerprint density at radius 3 is 2.40 bits per heavy atom. The molecule has 9 nitrogen and oxygen atoms in total. The van der Waals surface area contributed by atoms with Crippen LogP contribution in [-0.4, -0.2) is 62.0 Å². The Morgan fingerprint density at radius 2 is 1.80 bits per heavy atom. The minimum absolute atomic E-state index is 0.0886. The zero-order valence-corrected chi connectivity index (χ0v) is 28.2. The predicted molar refractivity (Wildman–Crippen MR) is 168 cm³/mol. The minimum Gasteiger partial charge on any atom is -0.477 e. The van der Waals surface area contributed by atoms with Crippen LogP contribution in [0.25, 0.3) is 5.82 Å². The Balaban J connectivity index is 1.43. The van der Waals surface area contributed by atoms with Gasteiger partial charge in [-0.05, 0) is 68.8 Å². The summed E-state index contributed by atoms with van der Waals surface area (Å²) in [6.07, 6.45) is -1.75. The number of amides is 1. The predicted octanol–water partition coefficient (Wildman–Crippen LogP) is 5.67. The third kappa shape index (κ3) is 6.76. The summed E-state index contributed by atoms with van der Waals surface area (Å²) in [7, 11) is -6.26. The quantitative estimate of drug-likeness (QED) is 0.279. The Morgan fingerprint density at radius 1 is 1.11 bits per heavy atom. The van der Waals surface area contributed by atoms with Crippen LogP contribution in [0, 0.1) is 11.3 Å². The van der Waals surface area contributed by atoms with Crippen LogP contribution in [-0.2, 0) is 10.0 Å². The molecule has 1 saturated heterocycles. The molecule has 2 aliphatic rings. The van der Waals surface area contributed by atoms with Gasteiger partial charge in [0.2, 0.25) is 5.88 Å². The number of nitrogens with zero attached hydrogens (tertiary/aromatic N) is 4. The number of sulfonamides is 1. The summed E-state index contributed by atoms with van der Waals surface area (Å²) in [5.74, 6) is 0.303. The van der Waals surface area contributed by atoms with Crippen LogP contribution in [0.3, 0.4) is 0 Å². The van der Waals surface area contributed by atoms with Gasteiger partial charge in [0.25, 0.3) is 15.9 Å². The number of alkyl halides is 3. The van der Waals surface area contributed by atoms with Crippen molar-refractivity contribution >= 4 is 35.0 Å². The summed E-state index contributed by atoms with van der Waals surface area (Å²) >= 11 is 0. The van der Waals surface area contributed by atoms with Gasteiger partial charge in [-0.2, -0.15) is 13.2 Å². The van der Waals surface area contributed by atoms with Crippen molar-refractivity contribution in [3.8, 4) is 11.7 Å². The van der Waals surface area contributed by atoms with E-state index in [9.17, 15) is 26.4 Å². The fourth-order valence-electron chi connectivity index (χ4n) is 6.15. The van der Waals surface area contributed by atoms with Gasteiger partial charge in [0, 0.05) is 24.3 Å². The molecule has 3 aromatic rings. The Labute approximate surface area is 263 Å². The van der Waals surface area contributed by atoms with E-state index in [4.69, 9.17) is 9.72 Å². The van der Waals surface area contributed by atoms with Crippen molar-refractivity contribution in [1.29, 1.82) is 0 Å². The molecule has 3 heterocycles. The summed E-state index contributed by atoms with van der Waals surface area (Å²) in [5.41, 5.74) is -1.94. The first-order chi connectivity index (χ1) is 20.8. The Hall–Kier alpha value is -3.39.